The normalized spacial score (nSPS) is 19.6. The van der Waals surface area contributed by atoms with Gasteiger partial charge in [-0.1, -0.05) is 13.8 Å². The van der Waals surface area contributed by atoms with Crippen LogP contribution in [0.5, 0.6) is 0 Å². The zero-order valence-corrected chi connectivity index (χ0v) is 11.3. The van der Waals surface area contributed by atoms with Gasteiger partial charge in [-0.05, 0) is 24.0 Å². The van der Waals surface area contributed by atoms with Crippen molar-refractivity contribution in [3.63, 3.8) is 0 Å². The Bertz CT molecular complexity index is 523. The lowest BCUT2D eigenvalue weighted by atomic mass is 9.93. The number of pyridine rings is 1. The lowest BCUT2D eigenvalue weighted by Crippen LogP contribution is -2.25. The summed E-state index contributed by atoms with van der Waals surface area (Å²) in [4.78, 5) is 6.64. The molecule has 1 aliphatic rings. The molecule has 0 atom stereocenters. The quantitative estimate of drug-likeness (QED) is 0.806. The second kappa shape index (κ2) is 3.98. The minimum Gasteiger partial charge on any atom is -0.355 e. The van der Waals surface area contributed by atoms with Crippen molar-refractivity contribution in [2.24, 2.45) is 5.41 Å². The fraction of sp³-hybridized carbons (Fsp3) is 0.583. The van der Waals surface area contributed by atoms with E-state index in [0.717, 1.165) is 19.5 Å². The fourth-order valence-electron chi connectivity index (χ4n) is 2.20. The zero-order valence-electron chi connectivity index (χ0n) is 10.5. The first-order chi connectivity index (χ1) is 7.80. The van der Waals surface area contributed by atoms with Crippen LogP contribution < -0.4 is 4.90 Å². The number of hydrogen-bond donors (Lipinski definition) is 0. The Labute approximate surface area is 103 Å². The van der Waals surface area contributed by atoms with Crippen LogP contribution in [0.15, 0.2) is 23.2 Å². The molecular formula is C12H18N2O2S. The Balaban J connectivity index is 2.41. The van der Waals surface area contributed by atoms with Crippen LogP contribution in [0, 0.1) is 5.41 Å². The Morgan fingerprint density at radius 3 is 2.65 bits per heavy atom. The topological polar surface area (TPSA) is 50.3 Å². The highest BCUT2D eigenvalue weighted by molar-refractivity contribution is 7.90. The third-order valence-corrected chi connectivity index (χ3v) is 4.24. The van der Waals surface area contributed by atoms with Crippen LogP contribution in [0.1, 0.15) is 20.3 Å². The maximum Gasteiger partial charge on any atom is 0.179 e. The molecule has 0 bridgehead atoms. The van der Waals surface area contributed by atoms with Gasteiger partial charge in [-0.15, -0.1) is 0 Å². The van der Waals surface area contributed by atoms with Crippen molar-refractivity contribution in [3.8, 4) is 0 Å². The molecule has 5 heteroatoms. The summed E-state index contributed by atoms with van der Waals surface area (Å²) in [6.45, 7) is 6.10. The van der Waals surface area contributed by atoms with Gasteiger partial charge in [0.15, 0.2) is 9.84 Å². The molecule has 0 radical (unpaired) electrons. The molecule has 1 aromatic heterocycles. The van der Waals surface area contributed by atoms with Crippen molar-refractivity contribution in [3.05, 3.63) is 18.3 Å². The molecule has 0 spiro atoms. The summed E-state index contributed by atoms with van der Waals surface area (Å²) in [5.41, 5.74) is 0.228. The van der Waals surface area contributed by atoms with Gasteiger partial charge in [-0.3, -0.25) is 0 Å². The maximum atomic E-state index is 11.7. The van der Waals surface area contributed by atoms with E-state index in [-0.39, 0.29) is 5.41 Å². The molecule has 0 saturated carbocycles. The lowest BCUT2D eigenvalue weighted by molar-refractivity contribution is 0.418. The molecule has 0 N–H and O–H groups in total. The maximum absolute atomic E-state index is 11.7. The smallest absolute Gasteiger partial charge is 0.179 e. The standard InChI is InChI=1S/C12H18N2O2S/c1-12(2)6-8-14(9-12)11-10(17(3,15)16)5-4-7-13-11/h4-5,7H,6,8-9H2,1-3H3. The van der Waals surface area contributed by atoms with Crippen molar-refractivity contribution in [1.29, 1.82) is 0 Å². The first kappa shape index (κ1) is 12.4. The Hall–Kier alpha value is -1.10. The fourth-order valence-corrected chi connectivity index (χ4v) is 3.04. The van der Waals surface area contributed by atoms with Crippen molar-refractivity contribution in [2.45, 2.75) is 25.2 Å². The van der Waals surface area contributed by atoms with Gasteiger partial charge >= 0.3 is 0 Å². The Morgan fingerprint density at radius 1 is 1.41 bits per heavy atom. The molecule has 1 fully saturated rings. The second-order valence-electron chi connectivity index (χ2n) is 5.43. The first-order valence-electron chi connectivity index (χ1n) is 5.70. The van der Waals surface area contributed by atoms with E-state index in [9.17, 15) is 8.42 Å². The molecule has 0 unspecified atom stereocenters. The molecule has 1 saturated heterocycles. The molecule has 1 aromatic rings. The highest BCUT2D eigenvalue weighted by Crippen LogP contribution is 2.34. The molecule has 4 nitrogen and oxygen atoms in total. The summed E-state index contributed by atoms with van der Waals surface area (Å²) in [6, 6.07) is 3.30. The van der Waals surface area contributed by atoms with Gasteiger partial charge in [-0.2, -0.15) is 0 Å². The third-order valence-electron chi connectivity index (χ3n) is 3.13. The predicted octanol–water partition coefficient (Wildman–Crippen LogP) is 1.72. The average Bonchev–Trinajstić information content (AvgIpc) is 2.58. The molecule has 0 aliphatic carbocycles. The summed E-state index contributed by atoms with van der Waals surface area (Å²) >= 11 is 0. The summed E-state index contributed by atoms with van der Waals surface area (Å²) < 4.78 is 23.4. The number of aromatic nitrogens is 1. The molecule has 1 aliphatic heterocycles. The Morgan fingerprint density at radius 2 is 2.12 bits per heavy atom. The molecular weight excluding hydrogens is 236 g/mol. The van der Waals surface area contributed by atoms with E-state index in [0.29, 0.717) is 10.7 Å². The molecule has 2 heterocycles. The highest BCUT2D eigenvalue weighted by atomic mass is 32.2. The lowest BCUT2D eigenvalue weighted by Gasteiger charge is -2.22. The van der Waals surface area contributed by atoms with Crippen LogP contribution in [0.25, 0.3) is 0 Å². The minimum absolute atomic E-state index is 0.228. The Kier molecular flexibility index (Phi) is 2.89. The molecule has 2 rings (SSSR count). The van der Waals surface area contributed by atoms with Crippen molar-refractivity contribution >= 4 is 15.7 Å². The second-order valence-corrected chi connectivity index (χ2v) is 7.42. The van der Waals surface area contributed by atoms with Gasteiger partial charge in [0.2, 0.25) is 0 Å². The van der Waals surface area contributed by atoms with E-state index in [1.807, 2.05) is 0 Å². The van der Waals surface area contributed by atoms with E-state index in [1.165, 1.54) is 6.26 Å². The van der Waals surface area contributed by atoms with Crippen LogP contribution >= 0.6 is 0 Å². The summed E-state index contributed by atoms with van der Waals surface area (Å²) in [7, 11) is -3.21. The van der Waals surface area contributed by atoms with Crippen molar-refractivity contribution in [1.82, 2.24) is 4.98 Å². The molecule has 94 valence electrons. The van der Waals surface area contributed by atoms with Crippen LogP contribution in [-0.2, 0) is 9.84 Å². The number of rotatable bonds is 2. The SMILES string of the molecule is CC1(C)CCN(c2ncccc2S(C)(=O)=O)C1. The largest absolute Gasteiger partial charge is 0.355 e. The molecule has 0 aromatic carbocycles. The van der Waals surface area contributed by atoms with Gasteiger partial charge in [-0.25, -0.2) is 13.4 Å². The molecule has 17 heavy (non-hydrogen) atoms. The van der Waals surface area contributed by atoms with E-state index in [1.54, 1.807) is 18.3 Å². The van der Waals surface area contributed by atoms with Crippen molar-refractivity contribution in [2.75, 3.05) is 24.2 Å². The summed E-state index contributed by atoms with van der Waals surface area (Å²) in [5, 5.41) is 0. The molecule has 0 amide bonds. The first-order valence-corrected chi connectivity index (χ1v) is 7.59. The van der Waals surface area contributed by atoms with E-state index in [2.05, 4.69) is 23.7 Å². The average molecular weight is 254 g/mol. The van der Waals surface area contributed by atoms with E-state index >= 15 is 0 Å². The van der Waals surface area contributed by atoms with Gasteiger partial charge < -0.3 is 4.90 Å². The summed E-state index contributed by atoms with van der Waals surface area (Å²) in [6.07, 6.45) is 3.94. The van der Waals surface area contributed by atoms with E-state index in [4.69, 9.17) is 0 Å². The van der Waals surface area contributed by atoms with Crippen LogP contribution in [0.4, 0.5) is 5.82 Å². The zero-order chi connectivity index (χ0) is 12.7. The van der Waals surface area contributed by atoms with E-state index < -0.39 is 9.84 Å². The van der Waals surface area contributed by atoms with Gasteiger partial charge in [0, 0.05) is 25.5 Å². The predicted molar refractivity (Wildman–Crippen MR) is 68.0 cm³/mol. The van der Waals surface area contributed by atoms with Gasteiger partial charge in [0.05, 0.1) is 0 Å². The van der Waals surface area contributed by atoms with Crippen LogP contribution in [-0.4, -0.2) is 32.7 Å². The van der Waals surface area contributed by atoms with Gasteiger partial charge in [0.25, 0.3) is 0 Å². The van der Waals surface area contributed by atoms with Crippen LogP contribution in [0.2, 0.25) is 0 Å². The number of sulfone groups is 1. The van der Waals surface area contributed by atoms with Crippen LogP contribution in [0.3, 0.4) is 0 Å². The number of nitrogens with zero attached hydrogens (tertiary/aromatic N) is 2. The minimum atomic E-state index is -3.21. The number of hydrogen-bond acceptors (Lipinski definition) is 4. The number of anilines is 1. The van der Waals surface area contributed by atoms with Crippen molar-refractivity contribution < 1.29 is 8.42 Å². The third kappa shape index (κ3) is 2.60. The van der Waals surface area contributed by atoms with Gasteiger partial charge in [0.1, 0.15) is 10.7 Å². The monoisotopic (exact) mass is 254 g/mol. The summed E-state index contributed by atoms with van der Waals surface area (Å²) in [5.74, 6) is 0.598. The highest BCUT2D eigenvalue weighted by Gasteiger charge is 2.32.